The highest BCUT2D eigenvalue weighted by molar-refractivity contribution is 4.85. The summed E-state index contributed by atoms with van der Waals surface area (Å²) in [5.74, 6) is 0.573. The molecule has 2 fully saturated rings. The molecule has 2 heterocycles. The Hall–Kier alpha value is -0.0800. The van der Waals surface area contributed by atoms with Crippen LogP contribution in [0.15, 0.2) is 0 Å². The normalized spacial score (nSPS) is 39.0. The average molecular weight is 155 g/mol. The molecule has 1 N–H and O–H groups in total. The second kappa shape index (κ2) is 3.11. The van der Waals surface area contributed by atoms with Gasteiger partial charge in [-0.05, 0) is 38.1 Å². The van der Waals surface area contributed by atoms with Crippen LogP contribution in [0.25, 0.3) is 0 Å². The van der Waals surface area contributed by atoms with Crippen molar-refractivity contribution in [2.75, 3.05) is 19.7 Å². The van der Waals surface area contributed by atoms with E-state index in [1.165, 1.54) is 32.2 Å². The van der Waals surface area contributed by atoms with Gasteiger partial charge >= 0.3 is 0 Å². The van der Waals surface area contributed by atoms with Crippen LogP contribution in [-0.4, -0.2) is 35.7 Å². The van der Waals surface area contributed by atoms with Gasteiger partial charge in [-0.2, -0.15) is 0 Å². The maximum Gasteiger partial charge on any atom is 0.0471 e. The molecule has 2 saturated heterocycles. The van der Waals surface area contributed by atoms with Gasteiger partial charge in [-0.3, -0.25) is 0 Å². The fourth-order valence-corrected chi connectivity index (χ4v) is 2.46. The summed E-state index contributed by atoms with van der Waals surface area (Å²) >= 11 is 0. The van der Waals surface area contributed by atoms with Crippen molar-refractivity contribution in [1.82, 2.24) is 4.90 Å². The summed E-state index contributed by atoms with van der Waals surface area (Å²) in [6.07, 6.45) is 5.35. The molecule has 2 unspecified atom stereocenters. The van der Waals surface area contributed by atoms with Crippen LogP contribution in [-0.2, 0) is 0 Å². The molecule has 0 aromatic rings. The first-order chi connectivity index (χ1) is 5.40. The van der Waals surface area contributed by atoms with Crippen LogP contribution >= 0.6 is 0 Å². The maximum absolute atomic E-state index is 8.98. The molecule has 0 aliphatic carbocycles. The summed E-state index contributed by atoms with van der Waals surface area (Å²) in [4.78, 5) is 2.56. The van der Waals surface area contributed by atoms with E-state index in [0.717, 1.165) is 12.6 Å². The van der Waals surface area contributed by atoms with Gasteiger partial charge in [-0.1, -0.05) is 0 Å². The summed E-state index contributed by atoms with van der Waals surface area (Å²) in [7, 11) is 0. The minimum atomic E-state index is 0.392. The summed E-state index contributed by atoms with van der Waals surface area (Å²) in [5.41, 5.74) is 0. The minimum Gasteiger partial charge on any atom is -0.396 e. The Morgan fingerprint density at radius 1 is 1.27 bits per heavy atom. The van der Waals surface area contributed by atoms with Crippen LogP contribution in [0.1, 0.15) is 25.7 Å². The fraction of sp³-hybridized carbons (Fsp3) is 1.00. The number of nitrogens with zero attached hydrogens (tertiary/aromatic N) is 1. The first kappa shape index (κ1) is 7.56. The molecule has 2 nitrogen and oxygen atoms in total. The first-order valence-electron chi connectivity index (χ1n) is 4.75. The smallest absolute Gasteiger partial charge is 0.0471 e. The molecule has 2 aliphatic heterocycles. The van der Waals surface area contributed by atoms with Gasteiger partial charge in [0, 0.05) is 19.2 Å². The Labute approximate surface area is 68.2 Å². The van der Waals surface area contributed by atoms with E-state index < -0.39 is 0 Å². The summed E-state index contributed by atoms with van der Waals surface area (Å²) < 4.78 is 0. The summed E-state index contributed by atoms with van der Waals surface area (Å²) in [6.45, 7) is 2.82. The molecule has 0 radical (unpaired) electrons. The van der Waals surface area contributed by atoms with Crippen LogP contribution in [0.5, 0.6) is 0 Å². The Bertz CT molecular complexity index is 138. The molecule has 0 saturated carbocycles. The molecule has 0 spiro atoms. The van der Waals surface area contributed by atoms with Crippen molar-refractivity contribution in [1.29, 1.82) is 0 Å². The zero-order chi connectivity index (χ0) is 7.68. The van der Waals surface area contributed by atoms with Crippen LogP contribution < -0.4 is 0 Å². The third kappa shape index (κ3) is 1.42. The van der Waals surface area contributed by atoms with Crippen molar-refractivity contribution < 1.29 is 5.11 Å². The Morgan fingerprint density at radius 2 is 2.18 bits per heavy atom. The number of aliphatic hydroxyl groups is 1. The molecule has 0 amide bonds. The van der Waals surface area contributed by atoms with Crippen molar-refractivity contribution in [3.8, 4) is 0 Å². The molecular formula is C9H17NO. The molecule has 2 atom stereocenters. The first-order valence-corrected chi connectivity index (χ1v) is 4.75. The van der Waals surface area contributed by atoms with Crippen LogP contribution in [0.2, 0.25) is 0 Å². The minimum absolute atomic E-state index is 0.392. The third-order valence-corrected chi connectivity index (χ3v) is 3.16. The number of hydrogen-bond acceptors (Lipinski definition) is 2. The molecule has 0 aromatic heterocycles. The van der Waals surface area contributed by atoms with E-state index in [1.807, 2.05) is 0 Å². The number of hydrogen-bond donors (Lipinski definition) is 1. The van der Waals surface area contributed by atoms with Gasteiger partial charge in [0.15, 0.2) is 0 Å². The maximum atomic E-state index is 8.98. The Kier molecular flexibility index (Phi) is 2.14. The molecular weight excluding hydrogens is 138 g/mol. The van der Waals surface area contributed by atoms with Crippen LogP contribution in [0.3, 0.4) is 0 Å². The van der Waals surface area contributed by atoms with Crippen molar-refractivity contribution in [3.05, 3.63) is 0 Å². The Balaban J connectivity index is 1.91. The van der Waals surface area contributed by atoms with E-state index in [4.69, 9.17) is 5.11 Å². The number of aliphatic hydroxyl groups excluding tert-OH is 1. The SMILES string of the molecule is OCC1CCC2CCCN2C1. The van der Waals surface area contributed by atoms with E-state index >= 15 is 0 Å². The predicted octanol–water partition coefficient (Wildman–Crippen LogP) is 0.853. The molecule has 0 aromatic carbocycles. The van der Waals surface area contributed by atoms with Gasteiger partial charge in [0.25, 0.3) is 0 Å². The number of rotatable bonds is 1. The van der Waals surface area contributed by atoms with Crippen molar-refractivity contribution in [2.24, 2.45) is 5.92 Å². The van der Waals surface area contributed by atoms with Gasteiger partial charge in [0.2, 0.25) is 0 Å². The predicted molar refractivity (Wildman–Crippen MR) is 44.4 cm³/mol. The van der Waals surface area contributed by atoms with E-state index in [9.17, 15) is 0 Å². The number of fused-ring (bicyclic) bond motifs is 1. The average Bonchev–Trinajstić information content (AvgIpc) is 2.50. The van der Waals surface area contributed by atoms with E-state index in [1.54, 1.807) is 0 Å². The second-order valence-corrected chi connectivity index (χ2v) is 3.92. The van der Waals surface area contributed by atoms with Gasteiger partial charge in [0.1, 0.15) is 0 Å². The van der Waals surface area contributed by atoms with Gasteiger partial charge in [0.05, 0.1) is 0 Å². The molecule has 2 rings (SSSR count). The quantitative estimate of drug-likeness (QED) is 0.607. The molecule has 2 aliphatic rings. The summed E-state index contributed by atoms with van der Waals surface area (Å²) in [6, 6.07) is 0.873. The van der Waals surface area contributed by atoms with E-state index in [0.29, 0.717) is 12.5 Å². The van der Waals surface area contributed by atoms with Crippen molar-refractivity contribution in [2.45, 2.75) is 31.7 Å². The monoisotopic (exact) mass is 155 g/mol. The van der Waals surface area contributed by atoms with Gasteiger partial charge in [-0.15, -0.1) is 0 Å². The Morgan fingerprint density at radius 3 is 3.00 bits per heavy atom. The van der Waals surface area contributed by atoms with Crippen molar-refractivity contribution in [3.63, 3.8) is 0 Å². The fourth-order valence-electron chi connectivity index (χ4n) is 2.46. The lowest BCUT2D eigenvalue weighted by Crippen LogP contribution is -2.40. The molecule has 64 valence electrons. The zero-order valence-corrected chi connectivity index (χ0v) is 7.00. The molecule has 2 heteroatoms. The lowest BCUT2D eigenvalue weighted by Gasteiger charge is -2.34. The van der Waals surface area contributed by atoms with E-state index in [-0.39, 0.29) is 0 Å². The largest absolute Gasteiger partial charge is 0.396 e. The van der Waals surface area contributed by atoms with E-state index in [2.05, 4.69) is 4.90 Å². The highest BCUT2D eigenvalue weighted by Crippen LogP contribution is 2.29. The topological polar surface area (TPSA) is 23.5 Å². The third-order valence-electron chi connectivity index (χ3n) is 3.16. The highest BCUT2D eigenvalue weighted by atomic mass is 16.3. The van der Waals surface area contributed by atoms with Crippen LogP contribution in [0, 0.1) is 5.92 Å². The van der Waals surface area contributed by atoms with Crippen LogP contribution in [0.4, 0.5) is 0 Å². The lowest BCUT2D eigenvalue weighted by molar-refractivity contribution is 0.102. The van der Waals surface area contributed by atoms with Gasteiger partial charge in [-0.25, -0.2) is 0 Å². The summed E-state index contributed by atoms with van der Waals surface area (Å²) in [5, 5.41) is 8.98. The second-order valence-electron chi connectivity index (χ2n) is 3.92. The molecule has 0 bridgehead atoms. The highest BCUT2D eigenvalue weighted by Gasteiger charge is 2.30. The standard InChI is InChI=1S/C9H17NO/c11-7-8-3-4-9-2-1-5-10(9)6-8/h8-9,11H,1-7H2. The lowest BCUT2D eigenvalue weighted by atomic mass is 9.94. The number of piperidine rings is 1. The molecule has 11 heavy (non-hydrogen) atoms. The van der Waals surface area contributed by atoms with Gasteiger partial charge < -0.3 is 10.0 Å². The zero-order valence-electron chi connectivity index (χ0n) is 7.00. The van der Waals surface area contributed by atoms with Crippen molar-refractivity contribution >= 4 is 0 Å².